The molecule has 0 bridgehead atoms. The van der Waals surface area contributed by atoms with Crippen molar-refractivity contribution < 1.29 is 13.2 Å². The third-order valence-electron chi connectivity index (χ3n) is 4.91. The van der Waals surface area contributed by atoms with Crippen molar-refractivity contribution in [2.75, 3.05) is 32.7 Å². The summed E-state index contributed by atoms with van der Waals surface area (Å²) in [5.41, 5.74) is 0.430. The second kappa shape index (κ2) is 8.07. The maximum atomic E-state index is 12.8. The average molecular weight is 391 g/mol. The summed E-state index contributed by atoms with van der Waals surface area (Å²) >= 11 is 0. The standard InChI is InChI=1S/C16H26N4O3S.ClH/c1-13-11-17-6-9-20(13)16(21)15-10-14(12-18(15)2)24(22,23)19-7-4-3-5-8-19;/h10,12-13,17H,3-9,11H2,1-2H3;1H. The number of piperidine rings is 1. The Hall–Kier alpha value is -1.09. The molecule has 0 spiro atoms. The number of piperazine rings is 1. The molecule has 0 aliphatic carbocycles. The van der Waals surface area contributed by atoms with Gasteiger partial charge in [-0.3, -0.25) is 4.79 Å². The number of rotatable bonds is 3. The summed E-state index contributed by atoms with van der Waals surface area (Å²) in [4.78, 5) is 14.8. The molecule has 1 unspecified atom stereocenters. The number of amides is 1. The lowest BCUT2D eigenvalue weighted by molar-refractivity contribution is 0.0646. The molecule has 9 heteroatoms. The second-order valence-electron chi connectivity index (χ2n) is 6.69. The Labute approximate surface area is 155 Å². The summed E-state index contributed by atoms with van der Waals surface area (Å²) in [5, 5.41) is 3.25. The molecule has 1 amide bonds. The molecule has 1 atom stereocenters. The van der Waals surface area contributed by atoms with Crippen molar-refractivity contribution >= 4 is 28.3 Å². The van der Waals surface area contributed by atoms with Crippen LogP contribution in [0.5, 0.6) is 0 Å². The van der Waals surface area contributed by atoms with Crippen LogP contribution < -0.4 is 5.32 Å². The molecule has 1 aromatic rings. The van der Waals surface area contributed by atoms with Crippen molar-refractivity contribution in [3.05, 3.63) is 18.0 Å². The van der Waals surface area contributed by atoms with Crippen LogP contribution in [0.1, 0.15) is 36.7 Å². The molecule has 7 nitrogen and oxygen atoms in total. The maximum Gasteiger partial charge on any atom is 0.270 e. The fourth-order valence-corrected chi connectivity index (χ4v) is 5.02. The van der Waals surface area contributed by atoms with Crippen molar-refractivity contribution in [2.24, 2.45) is 7.05 Å². The van der Waals surface area contributed by atoms with E-state index in [1.807, 2.05) is 11.8 Å². The van der Waals surface area contributed by atoms with Crippen molar-refractivity contribution in [1.82, 2.24) is 19.1 Å². The number of hydrogen-bond acceptors (Lipinski definition) is 4. The van der Waals surface area contributed by atoms with Gasteiger partial charge in [0.25, 0.3) is 5.91 Å². The monoisotopic (exact) mass is 390 g/mol. The van der Waals surface area contributed by atoms with Gasteiger partial charge < -0.3 is 14.8 Å². The van der Waals surface area contributed by atoms with E-state index in [2.05, 4.69) is 5.32 Å². The van der Waals surface area contributed by atoms with Crippen molar-refractivity contribution in [3.8, 4) is 0 Å². The summed E-state index contributed by atoms with van der Waals surface area (Å²) in [7, 11) is -1.78. The first-order valence-corrected chi connectivity index (χ1v) is 10.0. The lowest BCUT2D eigenvalue weighted by Gasteiger charge is -2.34. The highest BCUT2D eigenvalue weighted by molar-refractivity contribution is 7.89. The lowest BCUT2D eigenvalue weighted by Crippen LogP contribution is -2.52. The van der Waals surface area contributed by atoms with Crippen molar-refractivity contribution in [1.29, 1.82) is 0 Å². The van der Waals surface area contributed by atoms with Crippen LogP contribution in [0, 0.1) is 0 Å². The molecule has 0 radical (unpaired) electrons. The van der Waals surface area contributed by atoms with E-state index in [0.717, 1.165) is 32.4 Å². The molecule has 1 N–H and O–H groups in total. The van der Waals surface area contributed by atoms with Gasteiger partial charge in [0.15, 0.2) is 0 Å². The van der Waals surface area contributed by atoms with E-state index in [0.29, 0.717) is 25.3 Å². The number of nitrogens with zero attached hydrogens (tertiary/aromatic N) is 3. The number of aromatic nitrogens is 1. The summed E-state index contributed by atoms with van der Waals surface area (Å²) in [6, 6.07) is 1.63. The first-order chi connectivity index (χ1) is 11.4. The zero-order valence-electron chi connectivity index (χ0n) is 14.8. The SMILES string of the molecule is CC1CNCCN1C(=O)c1cc(S(=O)(=O)N2CCCCC2)cn1C.Cl. The molecule has 0 saturated carbocycles. The highest BCUT2D eigenvalue weighted by Gasteiger charge is 2.31. The van der Waals surface area contributed by atoms with E-state index < -0.39 is 10.0 Å². The highest BCUT2D eigenvalue weighted by atomic mass is 35.5. The number of aryl methyl sites for hydroxylation is 1. The molecule has 2 saturated heterocycles. The van der Waals surface area contributed by atoms with E-state index in [4.69, 9.17) is 0 Å². The highest BCUT2D eigenvalue weighted by Crippen LogP contribution is 2.23. The molecule has 3 heterocycles. The summed E-state index contributed by atoms with van der Waals surface area (Å²) in [6.07, 6.45) is 4.43. The number of halogens is 1. The number of hydrogen-bond donors (Lipinski definition) is 1. The van der Waals surface area contributed by atoms with E-state index in [-0.39, 0.29) is 29.3 Å². The third-order valence-corrected chi connectivity index (χ3v) is 6.78. The topological polar surface area (TPSA) is 74.7 Å². The fourth-order valence-electron chi connectivity index (χ4n) is 3.43. The minimum Gasteiger partial charge on any atom is -0.345 e. The third kappa shape index (κ3) is 4.02. The first kappa shape index (κ1) is 20.2. The Kier molecular flexibility index (Phi) is 6.53. The molecule has 0 aromatic carbocycles. The summed E-state index contributed by atoms with van der Waals surface area (Å²) in [5.74, 6) is -0.105. The van der Waals surface area contributed by atoms with E-state index in [1.54, 1.807) is 17.8 Å². The number of carbonyl (C=O) groups excluding carboxylic acids is 1. The Balaban J connectivity index is 0.00000225. The van der Waals surface area contributed by atoms with Crippen molar-refractivity contribution in [3.63, 3.8) is 0 Å². The molecule has 1 aromatic heterocycles. The Bertz CT molecular complexity index is 713. The molecular weight excluding hydrogens is 364 g/mol. The molecule has 25 heavy (non-hydrogen) atoms. The Morgan fingerprint density at radius 3 is 2.52 bits per heavy atom. The van der Waals surface area contributed by atoms with Gasteiger partial charge in [-0.05, 0) is 25.8 Å². The maximum absolute atomic E-state index is 12.8. The van der Waals surface area contributed by atoms with Crippen LogP contribution in [0.2, 0.25) is 0 Å². The Morgan fingerprint density at radius 1 is 1.20 bits per heavy atom. The average Bonchev–Trinajstić information content (AvgIpc) is 2.98. The first-order valence-electron chi connectivity index (χ1n) is 8.59. The molecule has 142 valence electrons. The van der Waals surface area contributed by atoms with Crippen LogP contribution in [0.15, 0.2) is 17.2 Å². The van der Waals surface area contributed by atoms with Crippen molar-refractivity contribution in [2.45, 2.75) is 37.1 Å². The van der Waals surface area contributed by atoms with Gasteiger partial charge in [-0.25, -0.2) is 8.42 Å². The molecule has 3 rings (SSSR count). The van der Waals surface area contributed by atoms with E-state index in [9.17, 15) is 13.2 Å². The van der Waals surface area contributed by atoms with Crippen LogP contribution in [0.3, 0.4) is 0 Å². The summed E-state index contributed by atoms with van der Waals surface area (Å²) in [6.45, 7) is 5.29. The van der Waals surface area contributed by atoms with Crippen LogP contribution >= 0.6 is 12.4 Å². The zero-order chi connectivity index (χ0) is 17.3. The second-order valence-corrected chi connectivity index (χ2v) is 8.63. The molecule has 2 aliphatic heterocycles. The van der Waals surface area contributed by atoms with Gasteiger partial charge in [-0.1, -0.05) is 6.42 Å². The van der Waals surface area contributed by atoms with E-state index in [1.165, 1.54) is 10.4 Å². The van der Waals surface area contributed by atoms with E-state index >= 15 is 0 Å². The van der Waals surface area contributed by atoms with Crippen LogP contribution in [0.25, 0.3) is 0 Å². The minimum absolute atomic E-state index is 0. The lowest BCUT2D eigenvalue weighted by atomic mass is 10.2. The van der Waals surface area contributed by atoms with Crippen LogP contribution in [-0.2, 0) is 17.1 Å². The zero-order valence-corrected chi connectivity index (χ0v) is 16.4. The molecular formula is C16H27ClN4O3S. The van der Waals surface area contributed by atoms with Crippen LogP contribution in [-0.4, -0.2) is 66.9 Å². The number of carbonyl (C=O) groups is 1. The van der Waals surface area contributed by atoms with Gasteiger partial charge in [-0.2, -0.15) is 4.31 Å². The van der Waals surface area contributed by atoms with Gasteiger partial charge in [0.2, 0.25) is 10.0 Å². The number of nitrogens with one attached hydrogen (secondary N) is 1. The van der Waals surface area contributed by atoms with Gasteiger partial charge in [0, 0.05) is 52.0 Å². The Morgan fingerprint density at radius 2 is 1.88 bits per heavy atom. The van der Waals surface area contributed by atoms with Gasteiger partial charge >= 0.3 is 0 Å². The fraction of sp³-hybridized carbons (Fsp3) is 0.688. The quantitative estimate of drug-likeness (QED) is 0.837. The summed E-state index contributed by atoms with van der Waals surface area (Å²) < 4.78 is 28.8. The van der Waals surface area contributed by atoms with Gasteiger partial charge in [0.05, 0.1) is 0 Å². The largest absolute Gasteiger partial charge is 0.345 e. The smallest absolute Gasteiger partial charge is 0.270 e. The molecule has 2 fully saturated rings. The van der Waals surface area contributed by atoms with Gasteiger partial charge in [0.1, 0.15) is 10.6 Å². The predicted octanol–water partition coefficient (Wildman–Crippen LogP) is 1.06. The normalized spacial score (nSPS) is 22.5. The minimum atomic E-state index is -3.51. The van der Waals surface area contributed by atoms with Crippen LogP contribution in [0.4, 0.5) is 0 Å². The predicted molar refractivity (Wildman–Crippen MR) is 98.6 cm³/mol. The molecule has 2 aliphatic rings. The number of sulfonamides is 1. The van der Waals surface area contributed by atoms with Gasteiger partial charge in [-0.15, -0.1) is 12.4 Å².